The zero-order valence-corrected chi connectivity index (χ0v) is 13.6. The van der Waals surface area contributed by atoms with Crippen LogP contribution in [0.2, 0.25) is 0 Å². The number of aromatic nitrogens is 2. The maximum absolute atomic E-state index is 12.1. The van der Waals surface area contributed by atoms with Crippen LogP contribution in [0.25, 0.3) is 0 Å². The highest BCUT2D eigenvalue weighted by molar-refractivity contribution is 5.92. The van der Waals surface area contributed by atoms with Crippen LogP contribution in [0, 0.1) is 0 Å². The number of aromatic amines is 1. The largest absolute Gasteiger partial charge is 0.497 e. The molecule has 1 atom stereocenters. The third kappa shape index (κ3) is 4.26. The number of amides is 1. The van der Waals surface area contributed by atoms with Crippen molar-refractivity contribution in [3.05, 3.63) is 41.7 Å². The van der Waals surface area contributed by atoms with Crippen molar-refractivity contribution in [1.82, 2.24) is 15.5 Å². The number of nitrogens with one attached hydrogen (secondary N) is 2. The predicted octanol–water partition coefficient (Wildman–Crippen LogP) is 1.91. The number of hydrogen-bond donors (Lipinski definition) is 2. The number of nitrogens with zero attached hydrogens (tertiary/aromatic N) is 1. The summed E-state index contributed by atoms with van der Waals surface area (Å²) in [5.41, 5.74) is 1.07. The first-order valence-electron chi connectivity index (χ1n) is 7.95. The zero-order chi connectivity index (χ0) is 16.8. The van der Waals surface area contributed by atoms with Crippen LogP contribution in [-0.4, -0.2) is 42.5 Å². The van der Waals surface area contributed by atoms with Crippen LogP contribution < -0.4 is 14.8 Å². The molecule has 1 aliphatic heterocycles. The summed E-state index contributed by atoms with van der Waals surface area (Å²) in [6.45, 7) is 1.58. The van der Waals surface area contributed by atoms with Gasteiger partial charge >= 0.3 is 0 Å². The van der Waals surface area contributed by atoms with E-state index in [4.69, 9.17) is 14.2 Å². The molecule has 0 aliphatic carbocycles. The molecule has 1 aliphatic rings. The van der Waals surface area contributed by atoms with Crippen LogP contribution in [-0.2, 0) is 11.3 Å². The lowest BCUT2D eigenvalue weighted by Crippen LogP contribution is -2.31. The van der Waals surface area contributed by atoms with Crippen LogP contribution in [0.15, 0.2) is 30.3 Å². The summed E-state index contributed by atoms with van der Waals surface area (Å²) in [4.78, 5) is 12.1. The van der Waals surface area contributed by atoms with E-state index in [1.807, 2.05) is 18.2 Å². The summed E-state index contributed by atoms with van der Waals surface area (Å²) in [5.74, 6) is 1.20. The Balaban J connectivity index is 1.50. The quantitative estimate of drug-likeness (QED) is 0.809. The molecule has 0 spiro atoms. The fourth-order valence-corrected chi connectivity index (χ4v) is 2.51. The molecule has 24 heavy (non-hydrogen) atoms. The van der Waals surface area contributed by atoms with Gasteiger partial charge in [0, 0.05) is 19.2 Å². The zero-order valence-electron chi connectivity index (χ0n) is 13.6. The summed E-state index contributed by atoms with van der Waals surface area (Å²) < 4.78 is 16.3. The normalized spacial score (nSPS) is 16.8. The van der Waals surface area contributed by atoms with Crippen molar-refractivity contribution in [2.45, 2.75) is 25.6 Å². The second-order valence-electron chi connectivity index (χ2n) is 5.59. The van der Waals surface area contributed by atoms with Crippen LogP contribution in [0.1, 0.15) is 29.0 Å². The van der Waals surface area contributed by atoms with Crippen molar-refractivity contribution in [2.24, 2.45) is 0 Å². The van der Waals surface area contributed by atoms with Crippen LogP contribution >= 0.6 is 0 Å². The van der Waals surface area contributed by atoms with Gasteiger partial charge in [0.2, 0.25) is 0 Å². The van der Waals surface area contributed by atoms with Crippen molar-refractivity contribution < 1.29 is 19.0 Å². The maximum Gasteiger partial charge on any atom is 0.271 e. The Morgan fingerprint density at radius 3 is 3.08 bits per heavy atom. The van der Waals surface area contributed by atoms with E-state index in [1.54, 1.807) is 19.2 Å². The molecule has 7 nitrogen and oxygen atoms in total. The molecule has 1 aromatic carbocycles. The van der Waals surface area contributed by atoms with Crippen LogP contribution in [0.5, 0.6) is 11.5 Å². The molecule has 2 N–H and O–H groups in total. The van der Waals surface area contributed by atoms with Gasteiger partial charge in [-0.25, -0.2) is 0 Å². The molecule has 0 radical (unpaired) electrons. The van der Waals surface area contributed by atoms with Crippen molar-refractivity contribution in [3.63, 3.8) is 0 Å². The molecule has 2 aromatic rings. The molecule has 128 valence electrons. The second-order valence-corrected chi connectivity index (χ2v) is 5.59. The molecule has 7 heteroatoms. The van der Waals surface area contributed by atoms with E-state index >= 15 is 0 Å². The van der Waals surface area contributed by atoms with Gasteiger partial charge in [0.25, 0.3) is 5.91 Å². The lowest BCUT2D eigenvalue weighted by atomic mass is 10.2. The predicted molar refractivity (Wildman–Crippen MR) is 87.2 cm³/mol. The van der Waals surface area contributed by atoms with E-state index in [9.17, 15) is 4.79 Å². The van der Waals surface area contributed by atoms with Crippen LogP contribution in [0.3, 0.4) is 0 Å². The monoisotopic (exact) mass is 331 g/mol. The Morgan fingerprint density at radius 1 is 1.42 bits per heavy atom. The molecule has 0 unspecified atom stereocenters. The third-order valence-corrected chi connectivity index (χ3v) is 3.81. The summed E-state index contributed by atoms with van der Waals surface area (Å²) in [6.07, 6.45) is 2.15. The SMILES string of the molecule is COc1cccc(OCc2cc(C(=O)NC[C@@H]3CCCO3)n[nH]2)c1. The number of methoxy groups -OCH3 is 1. The molecule has 3 rings (SSSR count). The van der Waals surface area contributed by atoms with E-state index < -0.39 is 0 Å². The first-order chi connectivity index (χ1) is 11.7. The Labute approximate surface area is 140 Å². The number of carbonyl (C=O) groups is 1. The van der Waals surface area contributed by atoms with Crippen molar-refractivity contribution >= 4 is 5.91 Å². The first-order valence-corrected chi connectivity index (χ1v) is 7.95. The molecule has 0 saturated carbocycles. The topological polar surface area (TPSA) is 85.5 Å². The smallest absolute Gasteiger partial charge is 0.271 e. The van der Waals surface area contributed by atoms with E-state index in [2.05, 4.69) is 15.5 Å². The van der Waals surface area contributed by atoms with E-state index in [1.165, 1.54) is 0 Å². The van der Waals surface area contributed by atoms with Crippen molar-refractivity contribution in [3.8, 4) is 11.5 Å². The number of rotatable bonds is 7. The average molecular weight is 331 g/mol. The van der Waals surface area contributed by atoms with Crippen LogP contribution in [0.4, 0.5) is 0 Å². The number of H-pyrrole nitrogens is 1. The summed E-state index contributed by atoms with van der Waals surface area (Å²) in [5, 5.41) is 9.68. The Kier molecular flexibility index (Phi) is 5.32. The minimum Gasteiger partial charge on any atom is -0.497 e. The summed E-state index contributed by atoms with van der Waals surface area (Å²) in [6, 6.07) is 9.02. The highest BCUT2D eigenvalue weighted by Gasteiger charge is 2.17. The highest BCUT2D eigenvalue weighted by atomic mass is 16.5. The minimum absolute atomic E-state index is 0.115. The van der Waals surface area contributed by atoms with Gasteiger partial charge in [0.15, 0.2) is 0 Å². The standard InChI is InChI=1S/C17H21N3O4/c1-22-13-4-2-5-14(9-13)24-11-12-8-16(20-19-12)17(21)18-10-15-6-3-7-23-15/h2,4-5,8-9,15H,3,6-7,10-11H2,1H3,(H,18,21)(H,19,20)/t15-/m0/s1. The van der Waals surface area contributed by atoms with Gasteiger partial charge < -0.3 is 19.5 Å². The number of carbonyl (C=O) groups excluding carboxylic acids is 1. The molecule has 1 saturated heterocycles. The lowest BCUT2D eigenvalue weighted by molar-refractivity contribution is 0.0853. The maximum atomic E-state index is 12.1. The highest BCUT2D eigenvalue weighted by Crippen LogP contribution is 2.19. The molecule has 0 bridgehead atoms. The summed E-state index contributed by atoms with van der Waals surface area (Å²) >= 11 is 0. The number of hydrogen-bond acceptors (Lipinski definition) is 5. The Hall–Kier alpha value is -2.54. The average Bonchev–Trinajstić information content (AvgIpc) is 3.30. The van der Waals surface area contributed by atoms with Gasteiger partial charge in [-0.1, -0.05) is 6.07 Å². The fraction of sp³-hybridized carbons (Fsp3) is 0.412. The number of benzene rings is 1. The molecule has 2 heterocycles. The van der Waals surface area contributed by atoms with Crippen molar-refractivity contribution in [1.29, 1.82) is 0 Å². The summed E-state index contributed by atoms with van der Waals surface area (Å²) in [7, 11) is 1.61. The molecule has 1 amide bonds. The second kappa shape index (κ2) is 7.83. The van der Waals surface area contributed by atoms with Gasteiger partial charge in [-0.2, -0.15) is 5.10 Å². The molecular formula is C17H21N3O4. The number of ether oxygens (including phenoxy) is 3. The molecule has 1 aromatic heterocycles. The van der Waals surface area contributed by atoms with E-state index in [0.717, 1.165) is 30.9 Å². The third-order valence-electron chi connectivity index (χ3n) is 3.81. The molecular weight excluding hydrogens is 310 g/mol. The van der Waals surface area contributed by atoms with Crippen molar-refractivity contribution in [2.75, 3.05) is 20.3 Å². The van der Waals surface area contributed by atoms with Gasteiger partial charge in [0.1, 0.15) is 23.8 Å². The minimum atomic E-state index is -0.214. The van der Waals surface area contributed by atoms with Gasteiger partial charge in [0.05, 0.1) is 18.9 Å². The van der Waals surface area contributed by atoms with E-state index in [-0.39, 0.29) is 12.0 Å². The Morgan fingerprint density at radius 2 is 2.29 bits per heavy atom. The molecule has 1 fully saturated rings. The van der Waals surface area contributed by atoms with Gasteiger partial charge in [-0.3, -0.25) is 9.89 Å². The fourth-order valence-electron chi connectivity index (χ4n) is 2.51. The van der Waals surface area contributed by atoms with Gasteiger partial charge in [-0.05, 0) is 31.0 Å². The Bertz CT molecular complexity index is 680. The van der Waals surface area contributed by atoms with Gasteiger partial charge in [-0.15, -0.1) is 0 Å². The first kappa shape index (κ1) is 16.3. The lowest BCUT2D eigenvalue weighted by Gasteiger charge is -2.09. The van der Waals surface area contributed by atoms with E-state index in [0.29, 0.717) is 24.6 Å².